The molecule has 0 aliphatic carbocycles. The van der Waals surface area contributed by atoms with Crippen molar-refractivity contribution in [2.75, 3.05) is 19.6 Å². The molecule has 3 heterocycles. The number of hydrogen-bond acceptors (Lipinski definition) is 5. The van der Waals surface area contributed by atoms with Crippen molar-refractivity contribution in [3.05, 3.63) is 11.9 Å². The molecule has 2 aliphatic heterocycles. The van der Waals surface area contributed by atoms with Crippen molar-refractivity contribution in [1.82, 2.24) is 25.2 Å². The molecule has 0 bridgehead atoms. The third kappa shape index (κ3) is 2.76. The van der Waals surface area contributed by atoms with Crippen LogP contribution in [0.4, 0.5) is 0 Å². The average Bonchev–Trinajstić information content (AvgIpc) is 2.86. The lowest BCUT2D eigenvalue weighted by molar-refractivity contribution is -0.140. The van der Waals surface area contributed by atoms with Crippen LogP contribution in [0.15, 0.2) is 6.20 Å². The van der Waals surface area contributed by atoms with E-state index in [2.05, 4.69) is 22.6 Å². The molecule has 2 aliphatic rings. The van der Waals surface area contributed by atoms with Crippen molar-refractivity contribution in [2.45, 2.75) is 31.8 Å². The second-order valence-electron chi connectivity index (χ2n) is 5.92. The van der Waals surface area contributed by atoms with Gasteiger partial charge in [-0.05, 0) is 25.3 Å². The Morgan fingerprint density at radius 2 is 2.19 bits per heavy atom. The van der Waals surface area contributed by atoms with Crippen molar-refractivity contribution in [3.63, 3.8) is 0 Å². The summed E-state index contributed by atoms with van der Waals surface area (Å²) in [5, 5.41) is 19.5. The lowest BCUT2D eigenvalue weighted by Gasteiger charge is -2.42. The number of nitrogens with zero attached hydrogens (tertiary/aromatic N) is 4. The van der Waals surface area contributed by atoms with Crippen molar-refractivity contribution in [2.24, 2.45) is 5.92 Å². The number of aromatic nitrogens is 3. The number of aromatic carboxylic acids is 1. The molecule has 1 amide bonds. The summed E-state index contributed by atoms with van der Waals surface area (Å²) in [5.41, 5.74) is -0.0671. The molecule has 2 atom stereocenters. The second kappa shape index (κ2) is 5.44. The van der Waals surface area contributed by atoms with Crippen molar-refractivity contribution in [3.8, 4) is 0 Å². The summed E-state index contributed by atoms with van der Waals surface area (Å²) in [4.78, 5) is 24.9. The number of hydrogen-bond donors (Lipinski definition) is 2. The molecule has 2 unspecified atom stereocenters. The highest BCUT2D eigenvalue weighted by Gasteiger charge is 2.37. The van der Waals surface area contributed by atoms with Gasteiger partial charge in [0.1, 0.15) is 0 Å². The number of carboxylic acids is 1. The first-order valence-electron chi connectivity index (χ1n) is 7.22. The van der Waals surface area contributed by atoms with Crippen LogP contribution in [0.2, 0.25) is 0 Å². The average molecular weight is 293 g/mol. The van der Waals surface area contributed by atoms with E-state index in [1.165, 1.54) is 10.9 Å². The first-order chi connectivity index (χ1) is 10.0. The molecule has 8 nitrogen and oxygen atoms in total. The van der Waals surface area contributed by atoms with E-state index < -0.39 is 5.97 Å². The first-order valence-corrected chi connectivity index (χ1v) is 7.22. The van der Waals surface area contributed by atoms with E-state index in [9.17, 15) is 9.59 Å². The normalized spacial score (nSPS) is 26.4. The van der Waals surface area contributed by atoms with Gasteiger partial charge in [0.2, 0.25) is 5.91 Å². The highest BCUT2D eigenvalue weighted by atomic mass is 16.4. The molecule has 2 fully saturated rings. The molecule has 21 heavy (non-hydrogen) atoms. The fraction of sp³-hybridized carbons (Fsp3) is 0.692. The maximum atomic E-state index is 12.3. The Balaban J connectivity index is 1.55. The van der Waals surface area contributed by atoms with Crippen LogP contribution >= 0.6 is 0 Å². The number of piperidine rings is 1. The van der Waals surface area contributed by atoms with Crippen LogP contribution in [-0.2, 0) is 4.79 Å². The second-order valence-corrected chi connectivity index (χ2v) is 5.92. The summed E-state index contributed by atoms with van der Waals surface area (Å²) in [6, 6.07) is -0.0596. The molecule has 2 N–H and O–H groups in total. The Morgan fingerprint density at radius 1 is 1.43 bits per heavy atom. The van der Waals surface area contributed by atoms with Gasteiger partial charge in [-0.2, -0.15) is 0 Å². The molecule has 2 saturated heterocycles. The van der Waals surface area contributed by atoms with E-state index in [0.717, 1.165) is 19.4 Å². The molecule has 114 valence electrons. The SMILES string of the molecule is CC1CCNC(C(=O)N2CC(n3cc(C(=O)O)nn3)C2)C1. The zero-order valence-corrected chi connectivity index (χ0v) is 11.9. The third-order valence-electron chi connectivity index (χ3n) is 4.24. The van der Waals surface area contributed by atoms with Crippen LogP contribution in [0.3, 0.4) is 0 Å². The summed E-state index contributed by atoms with van der Waals surface area (Å²) in [7, 11) is 0. The summed E-state index contributed by atoms with van der Waals surface area (Å²) < 4.78 is 1.53. The highest BCUT2D eigenvalue weighted by Crippen LogP contribution is 2.24. The predicted octanol–water partition coefficient (Wildman–Crippen LogP) is -0.252. The molecule has 8 heteroatoms. The Labute approximate surface area is 122 Å². The minimum atomic E-state index is -1.09. The third-order valence-corrected chi connectivity index (χ3v) is 4.24. The zero-order chi connectivity index (χ0) is 15.0. The number of amides is 1. The Morgan fingerprint density at radius 3 is 2.81 bits per heavy atom. The highest BCUT2D eigenvalue weighted by molar-refractivity contribution is 5.84. The lowest BCUT2D eigenvalue weighted by Crippen LogP contribution is -2.58. The van der Waals surface area contributed by atoms with Gasteiger partial charge in [-0.15, -0.1) is 5.10 Å². The van der Waals surface area contributed by atoms with Crippen LogP contribution in [0.25, 0.3) is 0 Å². The fourth-order valence-corrected chi connectivity index (χ4v) is 2.87. The maximum absolute atomic E-state index is 12.3. The van der Waals surface area contributed by atoms with Crippen LogP contribution in [-0.4, -0.2) is 62.6 Å². The molecular weight excluding hydrogens is 274 g/mol. The molecule has 0 aromatic carbocycles. The van der Waals surface area contributed by atoms with Crippen LogP contribution < -0.4 is 5.32 Å². The topological polar surface area (TPSA) is 100 Å². The molecule has 0 radical (unpaired) electrons. The van der Waals surface area contributed by atoms with Crippen LogP contribution in [0.5, 0.6) is 0 Å². The van der Waals surface area contributed by atoms with E-state index in [-0.39, 0.29) is 23.7 Å². The van der Waals surface area contributed by atoms with E-state index in [0.29, 0.717) is 19.0 Å². The van der Waals surface area contributed by atoms with Gasteiger partial charge in [0.15, 0.2) is 5.69 Å². The summed E-state index contributed by atoms with van der Waals surface area (Å²) in [6.07, 6.45) is 3.41. The largest absolute Gasteiger partial charge is 0.476 e. The van der Waals surface area contributed by atoms with Gasteiger partial charge < -0.3 is 15.3 Å². The van der Waals surface area contributed by atoms with Gasteiger partial charge in [-0.1, -0.05) is 12.1 Å². The zero-order valence-electron chi connectivity index (χ0n) is 11.9. The molecule has 3 rings (SSSR count). The minimum Gasteiger partial charge on any atom is -0.476 e. The molecule has 1 aromatic heterocycles. The Bertz CT molecular complexity index is 552. The van der Waals surface area contributed by atoms with Crippen LogP contribution in [0, 0.1) is 5.92 Å². The van der Waals surface area contributed by atoms with Gasteiger partial charge in [0.25, 0.3) is 0 Å². The maximum Gasteiger partial charge on any atom is 0.358 e. The Kier molecular flexibility index (Phi) is 3.62. The van der Waals surface area contributed by atoms with Gasteiger partial charge >= 0.3 is 5.97 Å². The summed E-state index contributed by atoms with van der Waals surface area (Å²) in [6.45, 7) is 4.18. The molecule has 0 spiro atoms. The van der Waals surface area contributed by atoms with Crippen molar-refractivity contribution in [1.29, 1.82) is 0 Å². The summed E-state index contributed by atoms with van der Waals surface area (Å²) >= 11 is 0. The van der Waals surface area contributed by atoms with E-state index >= 15 is 0 Å². The first kappa shape index (κ1) is 14.0. The quantitative estimate of drug-likeness (QED) is 0.797. The number of rotatable bonds is 3. The molecular formula is C13H19N5O3. The van der Waals surface area contributed by atoms with E-state index in [1.54, 1.807) is 4.90 Å². The smallest absolute Gasteiger partial charge is 0.358 e. The van der Waals surface area contributed by atoms with E-state index in [1.807, 2.05) is 0 Å². The number of carbonyl (C=O) groups is 2. The number of carbonyl (C=O) groups excluding carboxylic acids is 1. The van der Waals surface area contributed by atoms with Crippen molar-refractivity contribution < 1.29 is 14.7 Å². The van der Waals surface area contributed by atoms with E-state index in [4.69, 9.17) is 5.11 Å². The van der Waals surface area contributed by atoms with Gasteiger partial charge in [0, 0.05) is 13.1 Å². The monoisotopic (exact) mass is 293 g/mol. The number of nitrogens with one attached hydrogen (secondary N) is 1. The van der Waals surface area contributed by atoms with Gasteiger partial charge in [0.05, 0.1) is 18.3 Å². The molecule has 0 saturated carbocycles. The standard InChI is InChI=1S/C13H19N5O3/c1-8-2-3-14-10(4-8)12(19)17-5-9(6-17)18-7-11(13(20)21)15-16-18/h7-10,14H,2-6H2,1H3,(H,20,21). The number of likely N-dealkylation sites (tertiary alicyclic amines) is 1. The number of carboxylic acid groups (broad SMARTS) is 1. The summed E-state index contributed by atoms with van der Waals surface area (Å²) in [5.74, 6) is -0.379. The van der Waals surface area contributed by atoms with Gasteiger partial charge in [-0.3, -0.25) is 4.79 Å². The predicted molar refractivity (Wildman–Crippen MR) is 72.8 cm³/mol. The lowest BCUT2D eigenvalue weighted by atomic mass is 9.92. The van der Waals surface area contributed by atoms with Crippen molar-refractivity contribution >= 4 is 11.9 Å². The van der Waals surface area contributed by atoms with Gasteiger partial charge in [-0.25, -0.2) is 9.48 Å². The Hall–Kier alpha value is -1.96. The minimum absolute atomic E-state index is 0.0237. The molecule has 1 aromatic rings. The fourth-order valence-electron chi connectivity index (χ4n) is 2.87. The van der Waals surface area contributed by atoms with Crippen LogP contribution in [0.1, 0.15) is 36.3 Å².